The Morgan fingerprint density at radius 3 is 1.73 bits per heavy atom. The van der Waals surface area contributed by atoms with Crippen LogP contribution in [0.4, 0.5) is 8.78 Å². The number of nitrogens with two attached hydrogens (primary N) is 1. The van der Waals surface area contributed by atoms with Crippen LogP contribution in [0.5, 0.6) is 0 Å². The molecule has 3 N–H and O–H groups in total. The second-order valence-corrected chi connectivity index (χ2v) is 5.75. The number of aliphatic hydroxyl groups excluding tert-OH is 1. The lowest BCUT2D eigenvalue weighted by Gasteiger charge is -2.26. The number of halogens is 4. The Morgan fingerprint density at radius 2 is 1.41 bits per heavy atom. The van der Waals surface area contributed by atoms with Crippen molar-refractivity contribution in [2.24, 2.45) is 5.73 Å². The zero-order valence-electron chi connectivity index (χ0n) is 11.7. The SMILES string of the molecule is CC(O)C(N)[C](c1ccc(Cl)c(F)c1)c1ccc(Cl)c(F)c1. The standard InChI is InChI=1S/C16H14Cl2F2NO/c1-8(22)16(21)15(9-2-4-11(17)13(19)6-9)10-3-5-12(18)14(20)7-10/h2-8,16,22H,21H2,1H3. The first-order chi connectivity index (χ1) is 10.3. The van der Waals surface area contributed by atoms with E-state index in [0.717, 1.165) is 0 Å². The lowest BCUT2D eigenvalue weighted by molar-refractivity contribution is 0.171. The maximum Gasteiger partial charge on any atom is 0.142 e. The van der Waals surface area contributed by atoms with Crippen molar-refractivity contribution in [1.29, 1.82) is 0 Å². The predicted molar refractivity (Wildman–Crippen MR) is 83.9 cm³/mol. The molecule has 2 atom stereocenters. The predicted octanol–water partition coefficient (Wildman–Crippen LogP) is 3.95. The van der Waals surface area contributed by atoms with Gasteiger partial charge in [0.2, 0.25) is 0 Å². The molecule has 0 aromatic heterocycles. The maximum atomic E-state index is 13.7. The summed E-state index contributed by atoms with van der Waals surface area (Å²) in [5.74, 6) is -0.839. The van der Waals surface area contributed by atoms with Gasteiger partial charge in [0, 0.05) is 6.04 Å². The third kappa shape index (κ3) is 3.58. The second-order valence-electron chi connectivity index (χ2n) is 4.94. The number of hydrogen-bond acceptors (Lipinski definition) is 2. The van der Waals surface area contributed by atoms with E-state index in [4.69, 9.17) is 28.9 Å². The fraction of sp³-hybridized carbons (Fsp3) is 0.188. The van der Waals surface area contributed by atoms with E-state index in [-0.39, 0.29) is 10.0 Å². The summed E-state index contributed by atoms with van der Waals surface area (Å²) in [7, 11) is 0. The molecule has 2 rings (SSSR count). The fourth-order valence-electron chi connectivity index (χ4n) is 2.12. The van der Waals surface area contributed by atoms with Crippen molar-refractivity contribution in [2.75, 3.05) is 0 Å². The quantitative estimate of drug-likeness (QED) is 0.881. The first kappa shape index (κ1) is 17.2. The van der Waals surface area contributed by atoms with Gasteiger partial charge in [-0.05, 0) is 42.3 Å². The normalized spacial score (nSPS) is 14.2. The zero-order valence-corrected chi connectivity index (χ0v) is 13.2. The molecular formula is C16H14Cl2F2NO. The van der Waals surface area contributed by atoms with E-state index in [1.807, 2.05) is 0 Å². The van der Waals surface area contributed by atoms with Gasteiger partial charge in [0.1, 0.15) is 11.6 Å². The van der Waals surface area contributed by atoms with Gasteiger partial charge in [-0.2, -0.15) is 0 Å². The average Bonchev–Trinajstić information content (AvgIpc) is 2.46. The van der Waals surface area contributed by atoms with Crippen LogP contribution < -0.4 is 5.73 Å². The van der Waals surface area contributed by atoms with Crippen LogP contribution in [-0.4, -0.2) is 17.3 Å². The molecule has 0 bridgehead atoms. The molecule has 0 heterocycles. The molecule has 2 unspecified atom stereocenters. The summed E-state index contributed by atoms with van der Waals surface area (Å²) >= 11 is 11.4. The highest BCUT2D eigenvalue weighted by atomic mass is 35.5. The summed E-state index contributed by atoms with van der Waals surface area (Å²) in [6, 6.07) is 7.46. The van der Waals surface area contributed by atoms with E-state index in [9.17, 15) is 13.9 Å². The molecule has 0 aliphatic carbocycles. The molecule has 0 aliphatic rings. The van der Waals surface area contributed by atoms with Gasteiger partial charge in [0.25, 0.3) is 0 Å². The van der Waals surface area contributed by atoms with Crippen LogP contribution in [0.15, 0.2) is 36.4 Å². The molecule has 117 valence electrons. The van der Waals surface area contributed by atoms with Gasteiger partial charge in [-0.3, -0.25) is 0 Å². The van der Waals surface area contributed by atoms with Crippen LogP contribution in [0.1, 0.15) is 18.1 Å². The molecule has 0 aliphatic heterocycles. The van der Waals surface area contributed by atoms with E-state index in [0.29, 0.717) is 17.0 Å². The van der Waals surface area contributed by atoms with Crippen molar-refractivity contribution in [3.05, 3.63) is 75.1 Å². The monoisotopic (exact) mass is 344 g/mol. The van der Waals surface area contributed by atoms with E-state index >= 15 is 0 Å². The fourth-order valence-corrected chi connectivity index (χ4v) is 2.36. The van der Waals surface area contributed by atoms with Crippen LogP contribution in [-0.2, 0) is 0 Å². The molecule has 2 aromatic carbocycles. The highest BCUT2D eigenvalue weighted by Gasteiger charge is 2.27. The highest BCUT2D eigenvalue weighted by Crippen LogP contribution is 2.31. The average molecular weight is 345 g/mol. The van der Waals surface area contributed by atoms with Crippen LogP contribution >= 0.6 is 23.2 Å². The lowest BCUT2D eigenvalue weighted by Crippen LogP contribution is -2.39. The largest absolute Gasteiger partial charge is 0.392 e. The van der Waals surface area contributed by atoms with Crippen LogP contribution in [0.25, 0.3) is 0 Å². The molecule has 22 heavy (non-hydrogen) atoms. The Labute approximate surface area is 137 Å². The lowest BCUT2D eigenvalue weighted by atomic mass is 9.83. The van der Waals surface area contributed by atoms with Crippen molar-refractivity contribution in [3.63, 3.8) is 0 Å². The molecule has 0 saturated carbocycles. The minimum Gasteiger partial charge on any atom is -0.392 e. The summed E-state index contributed by atoms with van der Waals surface area (Å²) in [6.07, 6.45) is -0.910. The molecule has 0 saturated heterocycles. The summed E-state index contributed by atoms with van der Waals surface area (Å²) < 4.78 is 27.4. The van der Waals surface area contributed by atoms with Gasteiger partial charge < -0.3 is 10.8 Å². The Kier molecular flexibility index (Phi) is 5.40. The van der Waals surface area contributed by atoms with E-state index in [1.165, 1.54) is 31.2 Å². The van der Waals surface area contributed by atoms with Gasteiger partial charge in [0.15, 0.2) is 0 Å². The second kappa shape index (κ2) is 6.92. The molecule has 2 aromatic rings. The Bertz CT molecular complexity index is 628. The van der Waals surface area contributed by atoms with Crippen LogP contribution in [0.2, 0.25) is 10.0 Å². The summed E-state index contributed by atoms with van der Waals surface area (Å²) in [6.45, 7) is 1.50. The first-order valence-electron chi connectivity index (χ1n) is 6.52. The van der Waals surface area contributed by atoms with E-state index in [2.05, 4.69) is 0 Å². The molecule has 0 spiro atoms. The number of rotatable bonds is 4. The molecule has 1 radical (unpaired) electrons. The molecule has 2 nitrogen and oxygen atoms in total. The Morgan fingerprint density at radius 1 is 1.00 bits per heavy atom. The van der Waals surface area contributed by atoms with Crippen LogP contribution in [0.3, 0.4) is 0 Å². The minimum atomic E-state index is -0.910. The van der Waals surface area contributed by atoms with Crippen molar-refractivity contribution in [1.82, 2.24) is 0 Å². The summed E-state index contributed by atoms with van der Waals surface area (Å²) in [5.41, 5.74) is 6.83. The van der Waals surface area contributed by atoms with Crippen molar-refractivity contribution in [3.8, 4) is 0 Å². The molecular weight excluding hydrogens is 331 g/mol. The molecule has 0 fully saturated rings. The topological polar surface area (TPSA) is 46.2 Å². The Hall–Kier alpha value is -1.20. The van der Waals surface area contributed by atoms with Gasteiger partial charge >= 0.3 is 0 Å². The highest BCUT2D eigenvalue weighted by molar-refractivity contribution is 6.31. The Balaban J connectivity index is 2.55. The third-order valence-corrected chi connectivity index (χ3v) is 3.93. The van der Waals surface area contributed by atoms with Crippen molar-refractivity contribution >= 4 is 23.2 Å². The number of hydrogen-bond donors (Lipinski definition) is 2. The van der Waals surface area contributed by atoms with E-state index in [1.54, 1.807) is 12.1 Å². The van der Waals surface area contributed by atoms with Crippen molar-refractivity contribution in [2.45, 2.75) is 19.1 Å². The zero-order chi connectivity index (χ0) is 16.4. The minimum absolute atomic E-state index is 0.0315. The maximum absolute atomic E-state index is 13.7. The van der Waals surface area contributed by atoms with Crippen LogP contribution in [0, 0.1) is 17.6 Å². The summed E-state index contributed by atoms with van der Waals surface area (Å²) in [4.78, 5) is 0. The smallest absolute Gasteiger partial charge is 0.142 e. The van der Waals surface area contributed by atoms with Gasteiger partial charge in [-0.1, -0.05) is 35.3 Å². The van der Waals surface area contributed by atoms with E-state index < -0.39 is 23.8 Å². The van der Waals surface area contributed by atoms with Crippen molar-refractivity contribution < 1.29 is 13.9 Å². The number of benzene rings is 2. The van der Waals surface area contributed by atoms with Gasteiger partial charge in [-0.25, -0.2) is 8.78 Å². The molecule has 6 heteroatoms. The number of aliphatic hydroxyl groups is 1. The first-order valence-corrected chi connectivity index (χ1v) is 7.28. The third-order valence-electron chi connectivity index (χ3n) is 3.31. The van der Waals surface area contributed by atoms with Gasteiger partial charge in [0.05, 0.1) is 22.1 Å². The van der Waals surface area contributed by atoms with Gasteiger partial charge in [-0.15, -0.1) is 0 Å². The summed E-state index contributed by atoms with van der Waals surface area (Å²) in [5, 5.41) is 9.71. The molecule has 0 amide bonds.